The highest BCUT2D eigenvalue weighted by Gasteiger charge is 2.20. The van der Waals surface area contributed by atoms with E-state index >= 15 is 0 Å². The fourth-order valence-corrected chi connectivity index (χ4v) is 2.96. The molecule has 0 amide bonds. The Bertz CT molecular complexity index is 382. The zero-order chi connectivity index (χ0) is 12.9. The number of benzene rings is 1. The molecule has 0 aliphatic carbocycles. The van der Waals surface area contributed by atoms with Gasteiger partial charge in [-0.3, -0.25) is 0 Å². The van der Waals surface area contributed by atoms with Gasteiger partial charge in [0.05, 0.1) is 12.0 Å². The van der Waals surface area contributed by atoms with Crippen LogP contribution in [0.2, 0.25) is 19.6 Å². The number of rotatable bonds is 5. The van der Waals surface area contributed by atoms with E-state index in [9.17, 15) is 0 Å². The fraction of sp³-hybridized carbons (Fsp3) is 0.385. The smallest absolute Gasteiger partial charge is 0.275 e. The van der Waals surface area contributed by atoms with Crippen molar-refractivity contribution < 1.29 is 9.16 Å². The van der Waals surface area contributed by atoms with Crippen molar-refractivity contribution >= 4 is 20.1 Å². The SMILES string of the molecule is CO/C(O[Si](C)(C)C)=C(/C)Sc1ccccc1. The topological polar surface area (TPSA) is 18.5 Å². The first-order valence-corrected chi connectivity index (χ1v) is 9.81. The Hall–Kier alpha value is -0.873. The Morgan fingerprint density at radius 3 is 2.18 bits per heavy atom. The summed E-state index contributed by atoms with van der Waals surface area (Å²) in [5.74, 6) is 0.651. The minimum Gasteiger partial charge on any atom is -0.519 e. The van der Waals surface area contributed by atoms with Crippen molar-refractivity contribution in [1.29, 1.82) is 0 Å². The third-order valence-electron chi connectivity index (χ3n) is 1.89. The lowest BCUT2D eigenvalue weighted by Crippen LogP contribution is -2.25. The molecule has 0 N–H and O–H groups in total. The standard InChI is InChI=1S/C13H20O2SSi/c1-11(13(14-2)15-17(3,4)5)16-12-9-7-6-8-10-12/h6-10H,1-5H3/b13-11+. The molecule has 0 unspecified atom stereocenters. The van der Waals surface area contributed by atoms with Crippen LogP contribution in [0.5, 0.6) is 0 Å². The lowest BCUT2D eigenvalue weighted by Gasteiger charge is -2.21. The summed E-state index contributed by atoms with van der Waals surface area (Å²) in [6.45, 7) is 8.46. The number of thioether (sulfide) groups is 1. The number of hydrogen-bond acceptors (Lipinski definition) is 3. The van der Waals surface area contributed by atoms with E-state index in [2.05, 4.69) is 31.8 Å². The summed E-state index contributed by atoms with van der Waals surface area (Å²) in [5, 5.41) is 0. The first-order valence-electron chi connectivity index (χ1n) is 5.59. The van der Waals surface area contributed by atoms with Gasteiger partial charge in [0.1, 0.15) is 0 Å². The molecule has 0 saturated carbocycles. The molecule has 0 aliphatic heterocycles. The maximum atomic E-state index is 5.90. The second-order valence-electron chi connectivity index (χ2n) is 4.68. The summed E-state index contributed by atoms with van der Waals surface area (Å²) in [7, 11) is 0.0398. The van der Waals surface area contributed by atoms with Gasteiger partial charge in [-0.15, -0.1) is 0 Å². The first kappa shape index (κ1) is 14.2. The summed E-state index contributed by atoms with van der Waals surface area (Å²) in [5.41, 5.74) is 0. The second-order valence-corrected chi connectivity index (χ2v) is 10.4. The van der Waals surface area contributed by atoms with Crippen LogP contribution < -0.4 is 0 Å². The van der Waals surface area contributed by atoms with Crippen molar-refractivity contribution in [2.45, 2.75) is 31.5 Å². The van der Waals surface area contributed by atoms with E-state index < -0.39 is 8.32 Å². The van der Waals surface area contributed by atoms with Crippen LogP contribution in [0, 0.1) is 0 Å². The van der Waals surface area contributed by atoms with E-state index in [0.717, 1.165) is 4.91 Å². The molecule has 0 radical (unpaired) electrons. The number of methoxy groups -OCH3 is 1. The van der Waals surface area contributed by atoms with Gasteiger partial charge in [0.25, 0.3) is 5.95 Å². The van der Waals surface area contributed by atoms with Gasteiger partial charge in [0, 0.05) is 4.90 Å². The third-order valence-corrected chi connectivity index (χ3v) is 3.66. The van der Waals surface area contributed by atoms with Gasteiger partial charge >= 0.3 is 0 Å². The average molecular weight is 268 g/mol. The Morgan fingerprint density at radius 2 is 1.71 bits per heavy atom. The van der Waals surface area contributed by atoms with E-state index in [0.29, 0.717) is 5.95 Å². The van der Waals surface area contributed by atoms with E-state index in [1.807, 2.05) is 25.1 Å². The molecular weight excluding hydrogens is 248 g/mol. The van der Waals surface area contributed by atoms with Crippen LogP contribution in [0.1, 0.15) is 6.92 Å². The molecule has 0 fully saturated rings. The maximum Gasteiger partial charge on any atom is 0.275 e. The molecule has 2 nitrogen and oxygen atoms in total. The maximum absolute atomic E-state index is 5.90. The Morgan fingerprint density at radius 1 is 1.12 bits per heavy atom. The van der Waals surface area contributed by atoms with Crippen molar-refractivity contribution in [1.82, 2.24) is 0 Å². The molecule has 0 bridgehead atoms. The Labute approximate surface area is 109 Å². The Balaban J connectivity index is 2.80. The lowest BCUT2D eigenvalue weighted by molar-refractivity contribution is 0.145. The summed E-state index contributed by atoms with van der Waals surface area (Å²) in [4.78, 5) is 2.25. The van der Waals surface area contributed by atoms with Crippen molar-refractivity contribution in [3.05, 3.63) is 41.2 Å². The van der Waals surface area contributed by atoms with Gasteiger partial charge in [-0.05, 0) is 38.7 Å². The summed E-state index contributed by atoms with van der Waals surface area (Å²) < 4.78 is 11.2. The summed E-state index contributed by atoms with van der Waals surface area (Å²) in [6, 6.07) is 10.2. The van der Waals surface area contributed by atoms with Gasteiger partial charge < -0.3 is 9.16 Å². The molecule has 94 valence electrons. The molecular formula is C13H20O2SSi. The number of ether oxygens (including phenoxy) is 1. The lowest BCUT2D eigenvalue weighted by atomic mass is 10.4. The second kappa shape index (κ2) is 6.17. The largest absolute Gasteiger partial charge is 0.519 e. The van der Waals surface area contributed by atoms with Crippen LogP contribution in [0.4, 0.5) is 0 Å². The molecule has 0 saturated heterocycles. The molecule has 0 heterocycles. The normalized spacial score (nSPS) is 13.0. The van der Waals surface area contributed by atoms with Crippen molar-refractivity contribution in [2.24, 2.45) is 0 Å². The molecule has 0 spiro atoms. The van der Waals surface area contributed by atoms with E-state index in [1.165, 1.54) is 4.90 Å². The van der Waals surface area contributed by atoms with Crippen LogP contribution in [0.25, 0.3) is 0 Å². The van der Waals surface area contributed by atoms with Crippen LogP contribution in [-0.4, -0.2) is 15.4 Å². The minimum absolute atomic E-state index is 0.651. The molecule has 0 aliphatic rings. The van der Waals surface area contributed by atoms with E-state index in [4.69, 9.17) is 9.16 Å². The summed E-state index contributed by atoms with van der Waals surface area (Å²) in [6.07, 6.45) is 0. The highest BCUT2D eigenvalue weighted by atomic mass is 32.2. The Kier molecular flexibility index (Phi) is 5.15. The van der Waals surface area contributed by atoms with Crippen molar-refractivity contribution in [2.75, 3.05) is 7.11 Å². The van der Waals surface area contributed by atoms with Crippen LogP contribution in [0.3, 0.4) is 0 Å². The third kappa shape index (κ3) is 5.32. The van der Waals surface area contributed by atoms with Gasteiger partial charge in [-0.2, -0.15) is 0 Å². The summed E-state index contributed by atoms with van der Waals surface area (Å²) >= 11 is 1.67. The first-order chi connectivity index (χ1) is 7.92. The quantitative estimate of drug-likeness (QED) is 0.446. The zero-order valence-corrected chi connectivity index (χ0v) is 12.9. The number of allylic oxidation sites excluding steroid dienone is 1. The average Bonchev–Trinajstić information content (AvgIpc) is 2.26. The van der Waals surface area contributed by atoms with Crippen molar-refractivity contribution in [3.63, 3.8) is 0 Å². The van der Waals surface area contributed by atoms with Crippen LogP contribution in [0.15, 0.2) is 46.1 Å². The van der Waals surface area contributed by atoms with Gasteiger partial charge in [-0.25, -0.2) is 0 Å². The zero-order valence-electron chi connectivity index (χ0n) is 11.1. The highest BCUT2D eigenvalue weighted by molar-refractivity contribution is 8.03. The van der Waals surface area contributed by atoms with Crippen LogP contribution >= 0.6 is 11.8 Å². The van der Waals surface area contributed by atoms with Gasteiger partial charge in [0.15, 0.2) is 0 Å². The number of hydrogen-bond donors (Lipinski definition) is 0. The van der Waals surface area contributed by atoms with Gasteiger partial charge in [-0.1, -0.05) is 30.0 Å². The molecule has 17 heavy (non-hydrogen) atoms. The van der Waals surface area contributed by atoms with E-state index in [-0.39, 0.29) is 0 Å². The molecule has 1 aromatic carbocycles. The van der Waals surface area contributed by atoms with Crippen LogP contribution in [-0.2, 0) is 9.16 Å². The molecule has 1 aromatic rings. The molecule has 1 rings (SSSR count). The predicted molar refractivity (Wildman–Crippen MR) is 76.4 cm³/mol. The molecule has 0 atom stereocenters. The van der Waals surface area contributed by atoms with Gasteiger partial charge in [0.2, 0.25) is 8.32 Å². The minimum atomic E-state index is -1.62. The monoisotopic (exact) mass is 268 g/mol. The highest BCUT2D eigenvalue weighted by Crippen LogP contribution is 2.29. The molecule has 4 heteroatoms. The van der Waals surface area contributed by atoms with Crippen molar-refractivity contribution in [3.8, 4) is 0 Å². The van der Waals surface area contributed by atoms with E-state index in [1.54, 1.807) is 18.9 Å². The molecule has 0 aromatic heterocycles. The fourth-order valence-electron chi connectivity index (χ4n) is 1.24. The predicted octanol–water partition coefficient (Wildman–Crippen LogP) is 4.47.